The number of anilines is 1. The molecule has 2 aliphatic rings. The molecule has 37 nitrogen and oxygen atoms in total. The number of aromatic amines is 1. The molecule has 4 rings (SSSR count). The molecule has 0 spiro atoms. The minimum absolute atomic E-state index is 0.400. The Morgan fingerprint density at radius 1 is 0.703 bits per heavy atom. The number of hydrogen-bond acceptors (Lipinski definition) is 25. The van der Waals surface area contributed by atoms with Gasteiger partial charge in [-0.25, -0.2) is 45.2 Å². The lowest BCUT2D eigenvalue weighted by molar-refractivity contribution is -0.222. The molecule has 360 valence electrons. The van der Waals surface area contributed by atoms with Gasteiger partial charge in [-0.2, -0.15) is 22.2 Å². The molecule has 12 atom stereocenters. The van der Waals surface area contributed by atoms with Crippen molar-refractivity contribution < 1.29 is 132 Å². The molecule has 64 heavy (non-hydrogen) atoms. The number of H-pyrrole nitrogens is 1. The van der Waals surface area contributed by atoms with Gasteiger partial charge in [0.2, 0.25) is 4.77 Å². The lowest BCUT2D eigenvalue weighted by Gasteiger charge is -2.28. The Morgan fingerprint density at radius 3 is 1.45 bits per heavy atom. The van der Waals surface area contributed by atoms with Gasteiger partial charge in [0.1, 0.15) is 29.1 Å². The van der Waals surface area contributed by atoms with E-state index in [0.29, 0.717) is 21.5 Å². The topological polar surface area (TPSA) is 581 Å². The quantitative estimate of drug-likeness (QED) is 0.0364. The Balaban J connectivity index is 0.000000340. The molecule has 0 saturated carbocycles. The summed E-state index contributed by atoms with van der Waals surface area (Å²) in [7, 11) is -35.5. The van der Waals surface area contributed by atoms with E-state index in [2.05, 4.69) is 68.5 Å². The number of rotatable bonds is 16. The van der Waals surface area contributed by atoms with Crippen LogP contribution in [-0.4, -0.2) is 115 Å². The highest BCUT2D eigenvalue weighted by molar-refractivity contribution is 7.72. The largest absolute Gasteiger partial charge is 0.490 e. The summed E-state index contributed by atoms with van der Waals surface area (Å²) in [5.74, 6) is -9.69. The van der Waals surface area contributed by atoms with Crippen molar-refractivity contribution in [3.05, 3.63) is 59.1 Å². The Bertz CT molecular complexity index is 2730. The van der Waals surface area contributed by atoms with Gasteiger partial charge in [0, 0.05) is 22.2 Å². The Hall–Kier alpha value is -2.32. The van der Waals surface area contributed by atoms with Gasteiger partial charge in [0.25, 0.3) is 11.8 Å². The van der Waals surface area contributed by atoms with Crippen LogP contribution in [0.3, 0.4) is 0 Å². The molecule has 0 amide bonds. The van der Waals surface area contributed by atoms with Gasteiger partial charge in [0.15, 0.2) is 34.7 Å². The van der Waals surface area contributed by atoms with Crippen LogP contribution in [0.25, 0.3) is 20.9 Å². The summed E-state index contributed by atoms with van der Waals surface area (Å²) in [6, 6.07) is 0. The van der Waals surface area contributed by atoms with E-state index in [9.17, 15) is 76.2 Å². The molecule has 0 radical (unpaired) electrons. The fraction of sp³-hybridized carbons (Fsp3) is 0.500. The van der Waals surface area contributed by atoms with Crippen LogP contribution in [0, 0.1) is 25.8 Å². The van der Waals surface area contributed by atoms with Crippen molar-refractivity contribution in [2.24, 2.45) is 10.2 Å². The van der Waals surface area contributed by atoms with Crippen molar-refractivity contribution in [2.45, 2.75) is 48.7 Å². The summed E-state index contributed by atoms with van der Waals surface area (Å²) in [6.07, 6.45) is -12.4. The third kappa shape index (κ3) is 14.3. The SMILES string of the molecule is [N-]=[N+]=N[C@]1(OP(=O)(O)OP(=O)(O)OP(=O)(O)O)O[C@@H](n2cc(F)c(=S)[nH]c2=S)C(O)[C@H]1O.[N-]=[N+]=N[C@]1(OP(=O)(O)OP(=O)(O)OP(=O)(O)O)O[C@@H](n2cc(F)c(N)nc2=S)C(O)[C@H]1O. The fourth-order valence-corrected chi connectivity index (χ4v) is 11.5. The molecule has 0 aliphatic carbocycles. The minimum Gasteiger partial charge on any atom is -0.385 e. The standard InChI is InChI=1S/C8H12FN6O13P3S.C8H11FN5O13P3S2/c9-2-1-15(7(32)12-5(2)10)6-3(16)4(17)8(25-6,13-14-11)26-30(21,22)28-31(23,24)27-29(18,19)20;9-2-1-14(7(32)11-5(2)31)6-3(15)4(16)8(24-6,12-13-10)25-29(20,21)27-30(22,23)26-28(17,18)19/h1,3-4,6,16-17H,(H,21,22)(H,23,24)(H2,10,12,32)(H2,18,19,20);1,3-4,6,15-16H,(H,20,21)(H,22,23)(H,11,31,32)(H2,17,18,19)/t2*3?,4-,6-,8+/m11/s1. The van der Waals surface area contributed by atoms with Crippen LogP contribution < -0.4 is 5.73 Å². The number of hydrogen-bond donors (Lipinski definition) is 14. The second-order valence-electron chi connectivity index (χ2n) is 11.2. The zero-order valence-electron chi connectivity index (χ0n) is 29.5. The summed E-state index contributed by atoms with van der Waals surface area (Å²) in [5, 5.41) is 46.4. The van der Waals surface area contributed by atoms with E-state index < -0.39 is 127 Å². The predicted molar refractivity (Wildman–Crippen MR) is 196 cm³/mol. The summed E-state index contributed by atoms with van der Waals surface area (Å²) in [5.41, 5.74) is 22.7. The number of aliphatic hydroxyl groups excluding tert-OH is 4. The lowest BCUT2D eigenvalue weighted by Crippen LogP contribution is -2.43. The van der Waals surface area contributed by atoms with Crippen molar-refractivity contribution in [1.29, 1.82) is 0 Å². The van der Waals surface area contributed by atoms with Crippen molar-refractivity contribution in [3.63, 3.8) is 0 Å². The number of ether oxygens (including phenoxy) is 2. The molecule has 6 unspecified atom stereocenters. The number of phosphoric acid groups is 6. The highest BCUT2D eigenvalue weighted by Gasteiger charge is 2.62. The van der Waals surface area contributed by atoms with Crippen molar-refractivity contribution in [2.75, 3.05) is 5.73 Å². The average Bonchev–Trinajstić information content (AvgIpc) is 3.44. The monoisotopic (exact) mass is 1100 g/mol. The number of nitrogen functional groups attached to an aromatic ring is 1. The molecular formula is C16H23F2N11O26P6S3. The zero-order chi connectivity index (χ0) is 49.4. The van der Waals surface area contributed by atoms with Gasteiger partial charge in [-0.1, -0.05) is 12.2 Å². The summed E-state index contributed by atoms with van der Waals surface area (Å²) in [6.45, 7) is 0. The van der Waals surface area contributed by atoms with Crippen LogP contribution in [0.2, 0.25) is 0 Å². The van der Waals surface area contributed by atoms with E-state index in [1.165, 1.54) is 0 Å². The molecule has 2 fully saturated rings. The van der Waals surface area contributed by atoms with Gasteiger partial charge in [-0.05, 0) is 45.7 Å². The summed E-state index contributed by atoms with van der Waals surface area (Å²) < 4.78 is 128. The predicted octanol–water partition coefficient (Wildman–Crippen LogP) is 0.864. The van der Waals surface area contributed by atoms with E-state index in [4.69, 9.17) is 70.3 Å². The Morgan fingerprint density at radius 2 is 1.08 bits per heavy atom. The molecule has 2 aliphatic heterocycles. The maximum Gasteiger partial charge on any atom is 0.490 e. The number of azide groups is 2. The smallest absolute Gasteiger partial charge is 0.385 e. The van der Waals surface area contributed by atoms with Gasteiger partial charge in [0.05, 0.1) is 0 Å². The number of aromatic nitrogens is 4. The first-order valence-electron chi connectivity index (χ1n) is 14.8. The number of nitrogens with one attached hydrogen (secondary N) is 1. The first kappa shape index (κ1) is 56.0. The van der Waals surface area contributed by atoms with E-state index in [1.807, 2.05) is 0 Å². The average molecular weight is 1110 g/mol. The Labute approximate surface area is 362 Å². The molecule has 48 heteroatoms. The third-order valence-electron chi connectivity index (χ3n) is 6.66. The summed E-state index contributed by atoms with van der Waals surface area (Å²) >= 11 is 14.3. The number of phosphoric ester groups is 2. The van der Waals surface area contributed by atoms with E-state index >= 15 is 0 Å². The maximum absolute atomic E-state index is 13.8. The first-order chi connectivity index (χ1) is 28.8. The van der Waals surface area contributed by atoms with Gasteiger partial charge in [-0.3, -0.25) is 9.13 Å². The van der Waals surface area contributed by atoms with Crippen molar-refractivity contribution >= 4 is 89.4 Å². The Kier molecular flexibility index (Phi) is 17.6. The zero-order valence-corrected chi connectivity index (χ0v) is 37.3. The normalized spacial score (nSPS) is 29.7. The van der Waals surface area contributed by atoms with Crippen LogP contribution in [0.4, 0.5) is 14.6 Å². The van der Waals surface area contributed by atoms with Gasteiger partial charge < -0.3 is 79.8 Å². The fourth-order valence-electron chi connectivity index (χ4n) is 4.50. The molecule has 15 N–H and O–H groups in total. The van der Waals surface area contributed by atoms with E-state index in [-0.39, 0.29) is 0 Å². The number of halogens is 2. The van der Waals surface area contributed by atoms with E-state index in [0.717, 1.165) is 0 Å². The molecule has 4 heterocycles. The maximum atomic E-state index is 13.8. The van der Waals surface area contributed by atoms with Crippen molar-refractivity contribution in [3.8, 4) is 0 Å². The number of nitrogens with two attached hydrogens (primary N) is 1. The third-order valence-corrected chi connectivity index (χ3v) is 15.2. The minimum atomic E-state index is -6.04. The van der Waals surface area contributed by atoms with Gasteiger partial charge >= 0.3 is 46.9 Å². The van der Waals surface area contributed by atoms with Crippen molar-refractivity contribution in [1.82, 2.24) is 19.1 Å². The van der Waals surface area contributed by atoms with Gasteiger partial charge in [-0.15, -0.1) is 0 Å². The number of nitrogens with zero attached hydrogens (tertiary/aromatic N) is 9. The summed E-state index contributed by atoms with van der Waals surface area (Å²) in [4.78, 5) is 81.8. The van der Waals surface area contributed by atoms with Crippen LogP contribution >= 0.6 is 83.6 Å². The lowest BCUT2D eigenvalue weighted by atomic mass is 10.2. The second-order valence-corrected chi connectivity index (χ2v) is 21.0. The molecule has 2 aromatic rings. The van der Waals surface area contributed by atoms with Crippen LogP contribution in [0.5, 0.6) is 0 Å². The molecule has 0 bridgehead atoms. The molecule has 0 aromatic carbocycles. The molecular weight excluding hydrogens is 1080 g/mol. The highest BCUT2D eigenvalue weighted by Crippen LogP contribution is 2.69. The second kappa shape index (κ2) is 20.1. The van der Waals surface area contributed by atoms with E-state index in [1.54, 1.807) is 0 Å². The van der Waals surface area contributed by atoms with Crippen LogP contribution in [-0.2, 0) is 63.2 Å². The van der Waals surface area contributed by atoms with Crippen LogP contribution in [0.15, 0.2) is 22.6 Å². The number of aliphatic hydroxyl groups is 4. The molecule has 2 saturated heterocycles. The van der Waals surface area contributed by atoms with Crippen LogP contribution in [0.1, 0.15) is 12.5 Å². The highest BCUT2D eigenvalue weighted by atomic mass is 32.1. The first-order valence-corrected chi connectivity index (χ1v) is 25.1. The molecule has 2 aromatic heterocycles.